The molecule has 1 aliphatic rings. The summed E-state index contributed by atoms with van der Waals surface area (Å²) in [6, 6.07) is 18.9. The van der Waals surface area contributed by atoms with Gasteiger partial charge >= 0.3 is 0 Å². The molecule has 0 bridgehead atoms. The van der Waals surface area contributed by atoms with Gasteiger partial charge in [-0.2, -0.15) is 0 Å². The highest BCUT2D eigenvalue weighted by atomic mass is 16.5. The van der Waals surface area contributed by atoms with Gasteiger partial charge in [-0.05, 0) is 47.4 Å². The molecule has 0 aliphatic heterocycles. The van der Waals surface area contributed by atoms with E-state index in [4.69, 9.17) is 10.3 Å². The van der Waals surface area contributed by atoms with Gasteiger partial charge in [0, 0.05) is 11.5 Å². The minimum atomic E-state index is 0.304. The molecule has 2 aromatic rings. The molecule has 2 aromatic carbocycles. The topological polar surface area (TPSA) is 58.0 Å². The number of allylic oxidation sites excluding steroid dienone is 1. The Morgan fingerprint density at radius 3 is 2.72 bits per heavy atom. The van der Waals surface area contributed by atoms with Gasteiger partial charge < -0.3 is 4.74 Å². The molecule has 25 heavy (non-hydrogen) atoms. The summed E-state index contributed by atoms with van der Waals surface area (Å²) in [7, 11) is 0. The Morgan fingerprint density at radius 2 is 1.88 bits per heavy atom. The molecule has 1 fully saturated rings. The average Bonchev–Trinajstić information content (AvgIpc) is 3.12. The van der Waals surface area contributed by atoms with E-state index in [2.05, 4.69) is 64.6 Å². The fourth-order valence-corrected chi connectivity index (χ4v) is 3.39. The molecule has 0 N–H and O–H groups in total. The van der Waals surface area contributed by atoms with Crippen LogP contribution in [0.2, 0.25) is 0 Å². The number of rotatable bonds is 7. The minimum Gasteiger partial charge on any atom is -0.373 e. The summed E-state index contributed by atoms with van der Waals surface area (Å²) >= 11 is 0. The molecule has 1 aliphatic carbocycles. The lowest BCUT2D eigenvalue weighted by Gasteiger charge is -2.14. The van der Waals surface area contributed by atoms with Crippen LogP contribution in [0, 0.1) is 5.92 Å². The molecular weight excluding hydrogens is 310 g/mol. The van der Waals surface area contributed by atoms with Crippen LogP contribution in [0.1, 0.15) is 24.8 Å². The first kappa shape index (κ1) is 17.3. The van der Waals surface area contributed by atoms with Crippen LogP contribution in [0.5, 0.6) is 0 Å². The van der Waals surface area contributed by atoms with Gasteiger partial charge in [-0.15, -0.1) is 0 Å². The normalized spacial score (nSPS) is 19.8. The lowest BCUT2D eigenvalue weighted by Crippen LogP contribution is -2.08. The van der Waals surface area contributed by atoms with Gasteiger partial charge in [0.2, 0.25) is 0 Å². The average molecular weight is 333 g/mol. The van der Waals surface area contributed by atoms with Crippen molar-refractivity contribution in [2.24, 2.45) is 11.0 Å². The number of benzene rings is 2. The predicted octanol–water partition coefficient (Wildman–Crippen LogP) is 5.91. The molecule has 0 aromatic heterocycles. The van der Waals surface area contributed by atoms with E-state index in [9.17, 15) is 0 Å². The maximum Gasteiger partial charge on any atom is 0.0726 e. The van der Waals surface area contributed by atoms with Gasteiger partial charge in [0.15, 0.2) is 0 Å². The van der Waals surface area contributed by atoms with E-state index in [0.29, 0.717) is 25.2 Å². The molecule has 4 nitrogen and oxygen atoms in total. The third kappa shape index (κ3) is 4.96. The Hall–Kier alpha value is -2.55. The molecule has 4 heteroatoms. The highest BCUT2D eigenvalue weighted by Gasteiger charge is 2.23. The van der Waals surface area contributed by atoms with E-state index < -0.39 is 0 Å². The zero-order valence-electron chi connectivity index (χ0n) is 14.3. The smallest absolute Gasteiger partial charge is 0.0726 e. The summed E-state index contributed by atoms with van der Waals surface area (Å²) < 4.78 is 6.19. The third-order valence-corrected chi connectivity index (χ3v) is 4.66. The van der Waals surface area contributed by atoms with Crippen molar-refractivity contribution in [3.8, 4) is 11.1 Å². The van der Waals surface area contributed by atoms with Gasteiger partial charge in [-0.25, -0.2) is 0 Å². The van der Waals surface area contributed by atoms with Crippen molar-refractivity contribution in [1.29, 1.82) is 0 Å². The number of hydrogen-bond donors (Lipinski definition) is 0. The Morgan fingerprint density at radius 1 is 1.08 bits per heavy atom. The summed E-state index contributed by atoms with van der Waals surface area (Å²) in [5.41, 5.74) is 12.0. The van der Waals surface area contributed by atoms with E-state index >= 15 is 0 Å². The van der Waals surface area contributed by atoms with Crippen LogP contribution in [0.15, 0.2) is 71.9 Å². The first-order chi connectivity index (χ1) is 12.4. The van der Waals surface area contributed by atoms with Crippen LogP contribution in [0.3, 0.4) is 0 Å². The van der Waals surface area contributed by atoms with Gasteiger partial charge in [0.05, 0.1) is 12.7 Å². The highest BCUT2D eigenvalue weighted by molar-refractivity contribution is 5.67. The van der Waals surface area contributed by atoms with Crippen molar-refractivity contribution in [3.05, 3.63) is 82.8 Å². The maximum absolute atomic E-state index is 8.29. The quantitative estimate of drug-likeness (QED) is 0.269. The fraction of sp³-hybridized carbons (Fsp3) is 0.333. The number of azide groups is 1. The summed E-state index contributed by atoms with van der Waals surface area (Å²) in [4.78, 5) is 2.76. The molecule has 2 atom stereocenters. The van der Waals surface area contributed by atoms with Crippen molar-refractivity contribution in [1.82, 2.24) is 0 Å². The molecule has 128 valence electrons. The van der Waals surface area contributed by atoms with E-state index in [1.165, 1.54) is 16.7 Å². The first-order valence-corrected chi connectivity index (χ1v) is 8.79. The molecule has 0 radical (unpaired) electrons. The van der Waals surface area contributed by atoms with Crippen LogP contribution >= 0.6 is 0 Å². The number of ether oxygens (including phenoxy) is 1. The Kier molecular flexibility index (Phi) is 6.27. The van der Waals surface area contributed by atoms with E-state index in [0.717, 1.165) is 19.3 Å². The molecule has 0 heterocycles. The summed E-state index contributed by atoms with van der Waals surface area (Å²) in [5, 5.41) is 3.53. The fourth-order valence-electron chi connectivity index (χ4n) is 3.39. The van der Waals surface area contributed by atoms with Gasteiger partial charge in [0.25, 0.3) is 0 Å². The zero-order valence-corrected chi connectivity index (χ0v) is 14.3. The SMILES string of the molecule is [N-]=[N+]=NCC=C[C@H]1CCC(OCc2ccccc2-c2ccccc2)C1. The third-order valence-electron chi connectivity index (χ3n) is 4.66. The van der Waals surface area contributed by atoms with Crippen LogP contribution in [0.4, 0.5) is 0 Å². The van der Waals surface area contributed by atoms with E-state index in [1.54, 1.807) is 0 Å². The molecule has 1 unspecified atom stereocenters. The van der Waals surface area contributed by atoms with Gasteiger partial charge in [0.1, 0.15) is 0 Å². The van der Waals surface area contributed by atoms with Gasteiger partial charge in [-0.1, -0.05) is 71.9 Å². The van der Waals surface area contributed by atoms with Crippen LogP contribution in [0.25, 0.3) is 21.6 Å². The second-order valence-corrected chi connectivity index (χ2v) is 6.37. The maximum atomic E-state index is 8.29. The first-order valence-electron chi connectivity index (χ1n) is 8.79. The van der Waals surface area contributed by atoms with Crippen molar-refractivity contribution < 1.29 is 4.74 Å². The standard InChI is InChI=1S/C21H23N3O/c22-24-23-14-6-7-17-12-13-20(15-17)25-16-19-10-4-5-11-21(19)18-8-2-1-3-9-18/h1-11,17,20H,12-16H2/t17-,20?/m0/s1. The van der Waals surface area contributed by atoms with Gasteiger partial charge in [-0.3, -0.25) is 0 Å². The molecular formula is C21H23N3O. The van der Waals surface area contributed by atoms with Crippen LogP contribution < -0.4 is 0 Å². The summed E-state index contributed by atoms with van der Waals surface area (Å²) in [6.45, 7) is 1.08. The Balaban J connectivity index is 1.56. The second-order valence-electron chi connectivity index (χ2n) is 6.37. The van der Waals surface area contributed by atoms with Crippen molar-refractivity contribution in [3.63, 3.8) is 0 Å². The summed E-state index contributed by atoms with van der Waals surface area (Å²) in [5.74, 6) is 0.531. The van der Waals surface area contributed by atoms with E-state index in [1.807, 2.05) is 12.1 Å². The lowest BCUT2D eigenvalue weighted by atomic mass is 10.0. The second kappa shape index (κ2) is 9.07. The minimum absolute atomic E-state index is 0.304. The molecule has 3 rings (SSSR count). The monoisotopic (exact) mass is 333 g/mol. The molecule has 0 spiro atoms. The Bertz CT molecular complexity index is 751. The van der Waals surface area contributed by atoms with Crippen molar-refractivity contribution >= 4 is 0 Å². The largest absolute Gasteiger partial charge is 0.373 e. The summed E-state index contributed by atoms with van der Waals surface area (Å²) in [6.07, 6.45) is 7.69. The zero-order chi connectivity index (χ0) is 17.3. The molecule has 0 amide bonds. The molecule has 0 saturated heterocycles. The number of nitrogens with zero attached hydrogens (tertiary/aromatic N) is 3. The van der Waals surface area contributed by atoms with E-state index in [-0.39, 0.29) is 0 Å². The van der Waals surface area contributed by atoms with Crippen molar-refractivity contribution in [2.45, 2.75) is 32.0 Å². The lowest BCUT2D eigenvalue weighted by molar-refractivity contribution is 0.0443. The van der Waals surface area contributed by atoms with Crippen LogP contribution in [-0.4, -0.2) is 12.6 Å². The Labute approximate surface area is 148 Å². The predicted molar refractivity (Wildman–Crippen MR) is 101 cm³/mol. The van der Waals surface area contributed by atoms with Crippen molar-refractivity contribution in [2.75, 3.05) is 6.54 Å². The number of hydrogen-bond acceptors (Lipinski definition) is 2. The highest BCUT2D eigenvalue weighted by Crippen LogP contribution is 2.31. The molecule has 1 saturated carbocycles. The van der Waals surface area contributed by atoms with Crippen LogP contribution in [-0.2, 0) is 11.3 Å².